The summed E-state index contributed by atoms with van der Waals surface area (Å²) in [5.74, 6) is 1.37. The van der Waals surface area contributed by atoms with Crippen LogP contribution in [0.5, 0.6) is 11.5 Å². The van der Waals surface area contributed by atoms with Gasteiger partial charge < -0.3 is 35.1 Å². The normalized spacial score (nSPS) is 17.1. The summed E-state index contributed by atoms with van der Waals surface area (Å²) in [4.78, 5) is 40.6. The molecule has 2 atom stereocenters. The van der Waals surface area contributed by atoms with Gasteiger partial charge in [-0.2, -0.15) is 0 Å². The molecule has 214 valence electrons. The predicted molar refractivity (Wildman–Crippen MR) is 152 cm³/mol. The number of carbonyl (C=O) groups is 2. The van der Waals surface area contributed by atoms with Crippen molar-refractivity contribution in [3.63, 3.8) is 0 Å². The van der Waals surface area contributed by atoms with E-state index in [-0.39, 0.29) is 5.91 Å². The molecule has 0 spiro atoms. The van der Waals surface area contributed by atoms with Gasteiger partial charge in [0.05, 0.1) is 0 Å². The van der Waals surface area contributed by atoms with Gasteiger partial charge in [-0.3, -0.25) is 9.59 Å². The zero-order chi connectivity index (χ0) is 28.4. The van der Waals surface area contributed by atoms with Crippen LogP contribution in [0.2, 0.25) is 0 Å². The van der Waals surface area contributed by atoms with E-state index in [0.717, 1.165) is 33.8 Å². The van der Waals surface area contributed by atoms with E-state index in [1.165, 1.54) is 25.0 Å². The number of aromatic nitrogens is 4. The number of carbonyl (C=O) groups excluding carboxylic acids is 2. The van der Waals surface area contributed by atoms with E-state index in [4.69, 9.17) is 30.7 Å². The Balaban J connectivity index is 1.27. The van der Waals surface area contributed by atoms with E-state index in [0.29, 0.717) is 67.2 Å². The van der Waals surface area contributed by atoms with Gasteiger partial charge in [0.1, 0.15) is 25.6 Å². The molecule has 2 aromatic heterocycles. The van der Waals surface area contributed by atoms with Crippen molar-refractivity contribution in [1.82, 2.24) is 24.4 Å². The second-order valence-electron chi connectivity index (χ2n) is 9.93. The number of likely N-dealkylation sites (tertiary alicyclic amines) is 1. The monoisotopic (exact) mass is 633 g/mol. The first-order valence-electron chi connectivity index (χ1n) is 13.2. The Morgan fingerprint density at radius 1 is 1.18 bits per heavy atom. The predicted octanol–water partition coefficient (Wildman–Crippen LogP) is 3.00. The Labute approximate surface area is 244 Å². The van der Waals surface area contributed by atoms with Crippen molar-refractivity contribution in [1.29, 1.82) is 0 Å². The highest BCUT2D eigenvalue weighted by atomic mass is 79.9. The molecule has 0 radical (unpaired) electrons. The number of rotatable bonds is 8. The third-order valence-corrected chi connectivity index (χ3v) is 8.99. The summed E-state index contributed by atoms with van der Waals surface area (Å²) in [6.45, 7) is 6.04. The topological polar surface area (TPSA) is 161 Å². The number of nitrogens with two attached hydrogens (primary N) is 2. The fourth-order valence-corrected chi connectivity index (χ4v) is 6.29. The molecule has 14 heteroatoms. The van der Waals surface area contributed by atoms with Crippen LogP contribution in [-0.4, -0.2) is 74.7 Å². The first-order valence-corrected chi connectivity index (χ1v) is 14.8. The standard InChI is InChI=1S/C26H32BrN7O5S/c1-14(28)25(36)39-15(2)24(35)33-6-3-16(4-7-33)5-8-34-23-21(22(29)30-13-31-23)32-26(34)40-20-12-19-18(11-17(20)27)37-9-10-38-19/h11-16H,3-10,28H2,1-2H3,(H2,29,30,31)/t14-,15+/m0/s1. The molecule has 1 aromatic carbocycles. The van der Waals surface area contributed by atoms with E-state index in [1.807, 2.05) is 12.1 Å². The highest BCUT2D eigenvalue weighted by Crippen LogP contribution is 2.42. The highest BCUT2D eigenvalue weighted by molar-refractivity contribution is 9.10. The number of nitrogens with zero attached hydrogens (tertiary/aromatic N) is 5. The number of ether oxygens (including phenoxy) is 3. The summed E-state index contributed by atoms with van der Waals surface area (Å²) in [5, 5.41) is 0.747. The van der Waals surface area contributed by atoms with Crippen molar-refractivity contribution in [2.45, 2.75) is 61.9 Å². The maximum atomic E-state index is 12.8. The molecule has 5 rings (SSSR count). The average Bonchev–Trinajstić information content (AvgIpc) is 3.30. The van der Waals surface area contributed by atoms with Crippen molar-refractivity contribution in [2.75, 3.05) is 32.0 Å². The van der Waals surface area contributed by atoms with Crippen LogP contribution in [0.4, 0.5) is 5.82 Å². The minimum Gasteiger partial charge on any atom is -0.486 e. The fourth-order valence-electron chi connectivity index (χ4n) is 4.78. The number of benzene rings is 1. The molecule has 0 unspecified atom stereocenters. The van der Waals surface area contributed by atoms with Crippen molar-refractivity contribution < 1.29 is 23.8 Å². The number of hydrogen-bond acceptors (Lipinski definition) is 11. The average molecular weight is 635 g/mol. The van der Waals surface area contributed by atoms with Gasteiger partial charge in [0, 0.05) is 29.0 Å². The molecule has 0 bridgehead atoms. The van der Waals surface area contributed by atoms with Gasteiger partial charge in [-0.15, -0.1) is 0 Å². The van der Waals surface area contributed by atoms with Gasteiger partial charge in [-0.25, -0.2) is 15.0 Å². The number of halogens is 1. The Bertz CT molecular complexity index is 1410. The third kappa shape index (κ3) is 6.13. The maximum Gasteiger partial charge on any atom is 0.323 e. The van der Waals surface area contributed by atoms with Gasteiger partial charge >= 0.3 is 5.97 Å². The molecule has 1 fully saturated rings. The highest BCUT2D eigenvalue weighted by Gasteiger charge is 2.29. The summed E-state index contributed by atoms with van der Waals surface area (Å²) in [6.07, 6.45) is 3.17. The number of anilines is 1. The molecular formula is C26H32BrN7O5S. The Kier molecular flexibility index (Phi) is 8.66. The number of esters is 1. The summed E-state index contributed by atoms with van der Waals surface area (Å²) >= 11 is 5.14. The Hall–Kier alpha value is -3.10. The molecule has 4 heterocycles. The molecule has 40 heavy (non-hydrogen) atoms. The van der Waals surface area contributed by atoms with Gasteiger partial charge in [-0.1, -0.05) is 11.8 Å². The summed E-state index contributed by atoms with van der Waals surface area (Å²) < 4.78 is 19.6. The minimum absolute atomic E-state index is 0.191. The summed E-state index contributed by atoms with van der Waals surface area (Å²) in [6, 6.07) is 3.09. The lowest BCUT2D eigenvalue weighted by molar-refractivity contribution is -0.160. The number of piperidine rings is 1. The van der Waals surface area contributed by atoms with Crippen molar-refractivity contribution >= 4 is 56.6 Å². The Morgan fingerprint density at radius 2 is 1.88 bits per heavy atom. The van der Waals surface area contributed by atoms with E-state index in [1.54, 1.807) is 11.8 Å². The second kappa shape index (κ2) is 12.2. The van der Waals surface area contributed by atoms with Crippen LogP contribution in [0.25, 0.3) is 11.2 Å². The summed E-state index contributed by atoms with van der Waals surface area (Å²) in [5.41, 5.74) is 12.9. The zero-order valence-electron chi connectivity index (χ0n) is 22.3. The van der Waals surface area contributed by atoms with Crippen LogP contribution in [0.15, 0.2) is 33.0 Å². The number of fused-ring (bicyclic) bond motifs is 2. The first-order chi connectivity index (χ1) is 19.2. The molecule has 2 aliphatic heterocycles. The molecule has 12 nitrogen and oxygen atoms in total. The molecule has 0 aliphatic carbocycles. The molecular weight excluding hydrogens is 602 g/mol. The third-order valence-electron chi connectivity index (χ3n) is 7.02. The van der Waals surface area contributed by atoms with Crippen LogP contribution in [0, 0.1) is 5.92 Å². The van der Waals surface area contributed by atoms with E-state index in [2.05, 4.69) is 30.5 Å². The lowest BCUT2D eigenvalue weighted by atomic mass is 9.93. The van der Waals surface area contributed by atoms with Crippen LogP contribution in [-0.2, 0) is 20.9 Å². The van der Waals surface area contributed by atoms with Crippen LogP contribution >= 0.6 is 27.7 Å². The smallest absolute Gasteiger partial charge is 0.323 e. The SMILES string of the molecule is C[C@H](N)C(=O)O[C@H](C)C(=O)N1CCC(CCn2c(Sc3cc4c(cc3Br)OCCO4)nc3c(N)ncnc32)CC1. The quantitative estimate of drug-likeness (QED) is 0.351. The number of hydrogen-bond donors (Lipinski definition) is 2. The number of aryl methyl sites for hydroxylation is 1. The zero-order valence-corrected chi connectivity index (χ0v) is 24.7. The summed E-state index contributed by atoms with van der Waals surface area (Å²) in [7, 11) is 0. The van der Waals surface area contributed by atoms with Gasteiger partial charge in [0.25, 0.3) is 5.91 Å². The number of nitrogen functional groups attached to an aromatic ring is 1. The van der Waals surface area contributed by atoms with E-state index in [9.17, 15) is 9.59 Å². The number of imidazole rings is 1. The van der Waals surface area contributed by atoms with Gasteiger partial charge in [0.2, 0.25) is 0 Å². The van der Waals surface area contributed by atoms with Gasteiger partial charge in [-0.05, 0) is 67.1 Å². The van der Waals surface area contributed by atoms with E-state index >= 15 is 0 Å². The molecule has 1 amide bonds. The van der Waals surface area contributed by atoms with Crippen molar-refractivity contribution in [2.24, 2.45) is 11.7 Å². The van der Waals surface area contributed by atoms with Crippen LogP contribution in [0.1, 0.15) is 33.1 Å². The largest absolute Gasteiger partial charge is 0.486 e. The minimum atomic E-state index is -0.850. The lowest BCUT2D eigenvalue weighted by Gasteiger charge is -2.33. The molecule has 0 saturated carbocycles. The van der Waals surface area contributed by atoms with Crippen LogP contribution in [0.3, 0.4) is 0 Å². The maximum absolute atomic E-state index is 12.8. The fraction of sp³-hybridized carbons (Fsp3) is 0.500. The lowest BCUT2D eigenvalue weighted by Crippen LogP contribution is -2.45. The van der Waals surface area contributed by atoms with Crippen LogP contribution < -0.4 is 20.9 Å². The molecule has 3 aromatic rings. The first kappa shape index (κ1) is 28.4. The van der Waals surface area contributed by atoms with Crippen molar-refractivity contribution in [3.8, 4) is 11.5 Å². The molecule has 1 saturated heterocycles. The molecule has 2 aliphatic rings. The van der Waals surface area contributed by atoms with Gasteiger partial charge in [0.15, 0.2) is 39.7 Å². The second-order valence-corrected chi connectivity index (χ2v) is 11.8. The molecule has 4 N–H and O–H groups in total. The Morgan fingerprint density at radius 3 is 2.58 bits per heavy atom. The van der Waals surface area contributed by atoms with E-state index < -0.39 is 18.1 Å². The van der Waals surface area contributed by atoms with Crippen molar-refractivity contribution in [3.05, 3.63) is 22.9 Å². The number of amides is 1.